The van der Waals surface area contributed by atoms with Gasteiger partial charge in [0.1, 0.15) is 10.2 Å². The van der Waals surface area contributed by atoms with Gasteiger partial charge in [-0.1, -0.05) is 13.8 Å². The van der Waals surface area contributed by atoms with Gasteiger partial charge in [-0.05, 0) is 48.5 Å². The normalized spacial score (nSPS) is 19.8. The van der Waals surface area contributed by atoms with Crippen molar-refractivity contribution in [3.8, 4) is 0 Å². The summed E-state index contributed by atoms with van der Waals surface area (Å²) in [5.41, 5.74) is -1.71. The van der Waals surface area contributed by atoms with Crippen LogP contribution >= 0.6 is 15.9 Å². The summed E-state index contributed by atoms with van der Waals surface area (Å²) in [4.78, 5) is 22.3. The minimum absolute atomic E-state index is 0.0673. The zero-order valence-electron chi connectivity index (χ0n) is 17.5. The number of ether oxygens (including phenoxy) is 1. The molecule has 0 aliphatic carbocycles. The molecule has 0 spiro atoms. The Balaban J connectivity index is 1.89. The van der Waals surface area contributed by atoms with Gasteiger partial charge in [-0.2, -0.15) is 13.2 Å². The molecule has 166 valence electrons. The molecule has 1 atom stereocenters. The van der Waals surface area contributed by atoms with Crippen LogP contribution in [-0.2, 0) is 10.9 Å². The van der Waals surface area contributed by atoms with Gasteiger partial charge in [0.05, 0.1) is 0 Å². The van der Waals surface area contributed by atoms with E-state index in [9.17, 15) is 18.0 Å². The van der Waals surface area contributed by atoms with Crippen molar-refractivity contribution < 1.29 is 22.7 Å². The average molecular weight is 492 g/mol. The van der Waals surface area contributed by atoms with Gasteiger partial charge in [0, 0.05) is 31.5 Å². The molecule has 1 aliphatic rings. The Hall–Kier alpha value is -2.04. The second-order valence-electron chi connectivity index (χ2n) is 9.29. The third-order valence-corrected chi connectivity index (χ3v) is 5.17. The van der Waals surface area contributed by atoms with E-state index in [1.54, 1.807) is 25.7 Å². The van der Waals surface area contributed by atoms with E-state index in [1.165, 1.54) is 12.4 Å². The number of rotatable bonds is 2. The highest BCUT2D eigenvalue weighted by Gasteiger charge is 2.39. The lowest BCUT2D eigenvalue weighted by molar-refractivity contribution is -0.142. The molecule has 1 fully saturated rings. The molecule has 1 saturated heterocycles. The second kappa shape index (κ2) is 7.58. The quantitative estimate of drug-likeness (QED) is 0.642. The molecule has 1 amide bonds. The number of carbonyl (C=O) groups excluding carboxylic acids is 1. The third kappa shape index (κ3) is 4.98. The molecule has 0 aromatic carbocycles. The van der Waals surface area contributed by atoms with Crippen LogP contribution in [0.25, 0.3) is 5.65 Å². The SMILES string of the molecule is CC1(C)CC(Nc2nc(Br)c(C(F)(F)F)n3ccnc23)CN(C(=O)OC(C)(C)C)C1. The molecule has 1 unspecified atom stereocenters. The van der Waals surface area contributed by atoms with E-state index in [0.29, 0.717) is 19.5 Å². The second-order valence-corrected chi connectivity index (χ2v) is 10.0. The first-order chi connectivity index (χ1) is 13.7. The average Bonchev–Trinajstić information content (AvgIpc) is 2.99. The molecule has 0 bridgehead atoms. The molecule has 3 rings (SSSR count). The van der Waals surface area contributed by atoms with Crippen LogP contribution in [0, 0.1) is 5.41 Å². The molecule has 0 saturated carbocycles. The van der Waals surface area contributed by atoms with Gasteiger partial charge in [0.15, 0.2) is 17.2 Å². The number of halogens is 4. The first-order valence-electron chi connectivity index (χ1n) is 9.50. The van der Waals surface area contributed by atoms with Crippen molar-refractivity contribution in [1.29, 1.82) is 0 Å². The van der Waals surface area contributed by atoms with Crippen LogP contribution in [0.15, 0.2) is 17.0 Å². The number of carbonyl (C=O) groups is 1. The number of imidazole rings is 1. The van der Waals surface area contributed by atoms with Crippen LogP contribution in [0.4, 0.5) is 23.8 Å². The Kier molecular flexibility index (Phi) is 5.72. The predicted molar refractivity (Wildman–Crippen MR) is 109 cm³/mol. The van der Waals surface area contributed by atoms with Gasteiger partial charge in [-0.3, -0.25) is 4.40 Å². The van der Waals surface area contributed by atoms with Crippen molar-refractivity contribution in [1.82, 2.24) is 19.3 Å². The topological polar surface area (TPSA) is 71.8 Å². The lowest BCUT2D eigenvalue weighted by Gasteiger charge is -2.43. The summed E-state index contributed by atoms with van der Waals surface area (Å²) in [6.45, 7) is 10.3. The fraction of sp³-hybridized carbons (Fsp3) is 0.632. The molecular weight excluding hydrogens is 467 g/mol. The smallest absolute Gasteiger partial charge is 0.434 e. The lowest BCUT2D eigenvalue weighted by Crippen LogP contribution is -2.53. The number of piperidine rings is 1. The Morgan fingerprint density at radius 3 is 2.60 bits per heavy atom. The Labute approximate surface area is 181 Å². The van der Waals surface area contributed by atoms with Crippen molar-refractivity contribution in [2.45, 2.75) is 58.9 Å². The fourth-order valence-electron chi connectivity index (χ4n) is 3.71. The number of nitrogens with one attached hydrogen (secondary N) is 1. The van der Waals surface area contributed by atoms with E-state index >= 15 is 0 Å². The molecule has 2 aromatic rings. The molecule has 7 nitrogen and oxygen atoms in total. The number of amides is 1. The van der Waals surface area contributed by atoms with E-state index in [-0.39, 0.29) is 27.5 Å². The van der Waals surface area contributed by atoms with Gasteiger partial charge in [-0.15, -0.1) is 0 Å². The number of hydrogen-bond donors (Lipinski definition) is 1. The Bertz CT molecular complexity index is 952. The predicted octanol–water partition coefficient (Wildman–Crippen LogP) is 4.96. The van der Waals surface area contributed by atoms with E-state index < -0.39 is 23.6 Å². The van der Waals surface area contributed by atoms with Gasteiger partial charge in [0.2, 0.25) is 0 Å². The van der Waals surface area contributed by atoms with Crippen molar-refractivity contribution in [2.75, 3.05) is 18.4 Å². The summed E-state index contributed by atoms with van der Waals surface area (Å²) in [5, 5.41) is 3.19. The molecule has 11 heteroatoms. The molecule has 0 radical (unpaired) electrons. The molecule has 1 aliphatic heterocycles. The maximum Gasteiger partial charge on any atom is 0.434 e. The van der Waals surface area contributed by atoms with Crippen molar-refractivity contribution in [3.63, 3.8) is 0 Å². The third-order valence-electron chi connectivity index (χ3n) is 4.62. The Morgan fingerprint density at radius 2 is 2.00 bits per heavy atom. The largest absolute Gasteiger partial charge is 0.444 e. The van der Waals surface area contributed by atoms with E-state index in [1.807, 2.05) is 13.8 Å². The summed E-state index contributed by atoms with van der Waals surface area (Å²) in [5.74, 6) is 0.215. The van der Waals surface area contributed by atoms with Crippen LogP contribution in [0.2, 0.25) is 0 Å². The fourth-order valence-corrected chi connectivity index (χ4v) is 4.30. The minimum atomic E-state index is -4.59. The summed E-state index contributed by atoms with van der Waals surface area (Å²) in [7, 11) is 0. The number of alkyl halides is 3. The number of likely N-dealkylation sites (tertiary alicyclic amines) is 1. The molecule has 1 N–H and O–H groups in total. The van der Waals surface area contributed by atoms with Crippen LogP contribution in [0.5, 0.6) is 0 Å². The summed E-state index contributed by atoms with van der Waals surface area (Å²) in [6, 6.07) is -0.238. The molecule has 30 heavy (non-hydrogen) atoms. The maximum atomic E-state index is 13.4. The van der Waals surface area contributed by atoms with E-state index in [0.717, 1.165) is 4.40 Å². The van der Waals surface area contributed by atoms with Crippen LogP contribution in [-0.4, -0.2) is 50.1 Å². The van der Waals surface area contributed by atoms with E-state index in [4.69, 9.17) is 4.74 Å². The van der Waals surface area contributed by atoms with Crippen LogP contribution < -0.4 is 5.32 Å². The van der Waals surface area contributed by atoms with Crippen molar-refractivity contribution in [3.05, 3.63) is 22.7 Å². The van der Waals surface area contributed by atoms with Crippen molar-refractivity contribution >= 4 is 33.5 Å². The number of fused-ring (bicyclic) bond motifs is 1. The molecule has 3 heterocycles. The number of aromatic nitrogens is 3. The maximum absolute atomic E-state index is 13.4. The Morgan fingerprint density at radius 1 is 1.33 bits per heavy atom. The zero-order valence-corrected chi connectivity index (χ0v) is 19.1. The van der Waals surface area contributed by atoms with Gasteiger partial charge < -0.3 is 15.0 Å². The number of nitrogens with zero attached hydrogens (tertiary/aromatic N) is 4. The highest BCUT2D eigenvalue weighted by Crippen LogP contribution is 2.37. The zero-order chi connectivity index (χ0) is 22.5. The minimum Gasteiger partial charge on any atom is -0.444 e. The molecular formula is C19H25BrF3N5O2. The number of anilines is 1. The summed E-state index contributed by atoms with van der Waals surface area (Å²) in [6.07, 6.45) is -1.78. The molecule has 2 aromatic heterocycles. The van der Waals surface area contributed by atoms with E-state index in [2.05, 4.69) is 31.2 Å². The van der Waals surface area contributed by atoms with Crippen LogP contribution in [0.1, 0.15) is 46.7 Å². The van der Waals surface area contributed by atoms with Gasteiger partial charge in [0.25, 0.3) is 0 Å². The first kappa shape index (κ1) is 22.6. The number of hydrogen-bond acceptors (Lipinski definition) is 5. The first-order valence-corrected chi connectivity index (χ1v) is 10.3. The highest BCUT2D eigenvalue weighted by atomic mass is 79.9. The summed E-state index contributed by atoms with van der Waals surface area (Å²) >= 11 is 2.94. The summed E-state index contributed by atoms with van der Waals surface area (Å²) < 4.78 is 46.4. The highest BCUT2D eigenvalue weighted by molar-refractivity contribution is 9.10. The van der Waals surface area contributed by atoms with Crippen LogP contribution in [0.3, 0.4) is 0 Å². The lowest BCUT2D eigenvalue weighted by atomic mass is 9.82. The van der Waals surface area contributed by atoms with Gasteiger partial charge in [-0.25, -0.2) is 14.8 Å². The van der Waals surface area contributed by atoms with Crippen molar-refractivity contribution in [2.24, 2.45) is 5.41 Å². The standard InChI is InChI=1S/C19H25BrF3N5O2/c1-17(2,3)30-16(29)27-9-11(8-18(4,5)10-27)25-14-15-24-6-7-28(15)12(13(20)26-14)19(21,22)23/h6-7,11H,8-10H2,1-5H3,(H,25,26). The van der Waals surface area contributed by atoms with Gasteiger partial charge >= 0.3 is 12.3 Å². The monoisotopic (exact) mass is 491 g/mol.